The van der Waals surface area contributed by atoms with Crippen LogP contribution in [0.4, 0.5) is 5.82 Å². The molecule has 3 N–H and O–H groups in total. The quantitative estimate of drug-likeness (QED) is 0.486. The smallest absolute Gasteiger partial charge is 0.256 e. The molecule has 0 aliphatic heterocycles. The average Bonchev–Trinajstić information content (AvgIpc) is 3.08. The van der Waals surface area contributed by atoms with Crippen molar-refractivity contribution in [3.63, 3.8) is 0 Å². The minimum absolute atomic E-state index is 0.0347. The van der Waals surface area contributed by atoms with E-state index in [-0.39, 0.29) is 16.9 Å². The van der Waals surface area contributed by atoms with Crippen LogP contribution < -0.4 is 16.2 Å². The maximum absolute atomic E-state index is 13.0. The Bertz CT molecular complexity index is 1080. The molecule has 0 spiro atoms. The molecule has 1 aliphatic carbocycles. The molecule has 29 heavy (non-hydrogen) atoms. The number of hydrogen-bond acceptors (Lipinski definition) is 8. The van der Waals surface area contributed by atoms with Gasteiger partial charge in [0.05, 0.1) is 23.0 Å². The van der Waals surface area contributed by atoms with Gasteiger partial charge in [-0.3, -0.25) is 9.80 Å². The van der Waals surface area contributed by atoms with Gasteiger partial charge in [-0.25, -0.2) is 20.8 Å². The van der Waals surface area contributed by atoms with Gasteiger partial charge in [0, 0.05) is 11.1 Å². The fourth-order valence-corrected chi connectivity index (χ4v) is 4.06. The van der Waals surface area contributed by atoms with E-state index in [0.29, 0.717) is 34.8 Å². The summed E-state index contributed by atoms with van der Waals surface area (Å²) in [5.74, 6) is 7.10. The van der Waals surface area contributed by atoms with Crippen LogP contribution in [-0.2, 0) is 12.0 Å². The number of hydrogen-bond donors (Lipinski definition) is 2. The number of anilines is 1. The molecule has 3 heterocycles. The van der Waals surface area contributed by atoms with Crippen LogP contribution in [0.1, 0.15) is 66.5 Å². The summed E-state index contributed by atoms with van der Waals surface area (Å²) in [4.78, 5) is 27.2. The Morgan fingerprint density at radius 1 is 1.34 bits per heavy atom. The molecule has 0 saturated heterocycles. The highest BCUT2D eigenvalue weighted by atomic mass is 32.1. The number of furan rings is 1. The van der Waals surface area contributed by atoms with E-state index in [1.165, 1.54) is 11.2 Å². The molecule has 0 bridgehead atoms. The van der Waals surface area contributed by atoms with Gasteiger partial charge in [0.1, 0.15) is 17.1 Å². The van der Waals surface area contributed by atoms with Gasteiger partial charge in [0.25, 0.3) is 5.91 Å². The monoisotopic (exact) mass is 414 g/mol. The van der Waals surface area contributed by atoms with Crippen LogP contribution in [0.5, 0.6) is 0 Å². The van der Waals surface area contributed by atoms with Gasteiger partial charge in [0.2, 0.25) is 5.71 Å². The molecule has 4 rings (SSSR count). The molecule has 0 unspecified atom stereocenters. The van der Waals surface area contributed by atoms with Crippen LogP contribution >= 0.6 is 11.3 Å². The van der Waals surface area contributed by atoms with Crippen LogP contribution in [0, 0.1) is 6.92 Å². The predicted molar refractivity (Wildman–Crippen MR) is 113 cm³/mol. The summed E-state index contributed by atoms with van der Waals surface area (Å²) in [6, 6.07) is 0. The average molecular weight is 415 g/mol. The number of amides is 1. The Morgan fingerprint density at radius 3 is 2.69 bits per heavy atom. The van der Waals surface area contributed by atoms with Crippen LogP contribution in [0.3, 0.4) is 0 Å². The van der Waals surface area contributed by atoms with E-state index >= 15 is 0 Å². The Labute approximate surface area is 173 Å². The lowest BCUT2D eigenvalue weighted by molar-refractivity contribution is 0.0950. The molecule has 1 aliphatic rings. The predicted octanol–water partition coefficient (Wildman–Crippen LogP) is 3.45. The van der Waals surface area contributed by atoms with Gasteiger partial charge < -0.3 is 9.73 Å². The van der Waals surface area contributed by atoms with Gasteiger partial charge in [0.15, 0.2) is 5.82 Å². The van der Waals surface area contributed by atoms with Gasteiger partial charge >= 0.3 is 0 Å². The second-order valence-corrected chi connectivity index (χ2v) is 9.94. The zero-order valence-corrected chi connectivity index (χ0v) is 18.2. The summed E-state index contributed by atoms with van der Waals surface area (Å²) in [7, 11) is 0. The largest absolute Gasteiger partial charge is 0.442 e. The van der Waals surface area contributed by atoms with Crippen molar-refractivity contribution in [1.29, 1.82) is 0 Å². The summed E-state index contributed by atoms with van der Waals surface area (Å²) in [5.41, 5.74) is 0.668. The number of carbonyl (C=O) groups is 1. The molecular weight excluding hydrogens is 388 g/mol. The molecule has 1 amide bonds. The third kappa shape index (κ3) is 3.60. The Hall–Kier alpha value is -2.52. The van der Waals surface area contributed by atoms with Crippen molar-refractivity contribution >= 4 is 34.2 Å². The van der Waals surface area contributed by atoms with Crippen LogP contribution in [0.15, 0.2) is 16.9 Å². The molecule has 9 heteroatoms. The molecular formula is C20H26N6O2S. The lowest BCUT2D eigenvalue weighted by Gasteiger charge is -2.25. The number of nitrogens with one attached hydrogen (secondary N) is 1. The summed E-state index contributed by atoms with van der Waals surface area (Å²) in [6.07, 6.45) is 5.25. The van der Waals surface area contributed by atoms with E-state index in [1.54, 1.807) is 23.3 Å². The van der Waals surface area contributed by atoms with E-state index in [0.717, 1.165) is 17.8 Å². The van der Waals surface area contributed by atoms with Crippen molar-refractivity contribution in [3.8, 4) is 0 Å². The minimum atomic E-state index is -0.251. The first-order valence-corrected chi connectivity index (χ1v) is 10.4. The van der Waals surface area contributed by atoms with Gasteiger partial charge in [-0.15, -0.1) is 11.3 Å². The topological polar surface area (TPSA) is 110 Å². The molecule has 1 saturated carbocycles. The SMILES string of the molecule is Cc1oc2ncnc(N(N)C3(C)CC3)c2c1C(=O)NCc1ncc(C(C)(C)C)s1. The van der Waals surface area contributed by atoms with Crippen molar-refractivity contribution < 1.29 is 9.21 Å². The van der Waals surface area contributed by atoms with E-state index in [2.05, 4.69) is 48.0 Å². The van der Waals surface area contributed by atoms with Crippen molar-refractivity contribution in [2.75, 3.05) is 5.01 Å². The first kappa shape index (κ1) is 19.8. The summed E-state index contributed by atoms with van der Waals surface area (Å²) in [6.45, 7) is 10.6. The molecule has 8 nitrogen and oxygen atoms in total. The number of thiazole rings is 1. The number of fused-ring (bicyclic) bond motifs is 1. The second-order valence-electron chi connectivity index (χ2n) is 8.83. The molecule has 0 aromatic carbocycles. The molecule has 1 fully saturated rings. The van der Waals surface area contributed by atoms with Gasteiger partial charge in [-0.1, -0.05) is 20.8 Å². The lowest BCUT2D eigenvalue weighted by atomic mass is 9.96. The molecule has 3 aromatic rings. The highest BCUT2D eigenvalue weighted by Crippen LogP contribution is 2.43. The number of nitrogens with two attached hydrogens (primary N) is 1. The fourth-order valence-electron chi connectivity index (χ4n) is 3.15. The van der Waals surface area contributed by atoms with Crippen LogP contribution in [0.25, 0.3) is 11.1 Å². The number of aromatic nitrogens is 3. The summed E-state index contributed by atoms with van der Waals surface area (Å²) >= 11 is 1.60. The standard InChI is InChI=1S/C20H26N6O2S/c1-11-14(17(27)23-9-13-22-8-12(29-13)19(2,3)4)15-16(24-10-25-18(15)28-11)26(21)20(5)6-7-20/h8,10H,6-7,9,21H2,1-5H3,(H,23,27). The second kappa shape index (κ2) is 6.77. The van der Waals surface area contributed by atoms with Crippen molar-refractivity contribution in [2.24, 2.45) is 5.84 Å². The maximum atomic E-state index is 13.0. The number of rotatable bonds is 5. The van der Waals surface area contributed by atoms with E-state index in [9.17, 15) is 4.79 Å². The number of hydrazine groups is 1. The van der Waals surface area contributed by atoms with Crippen molar-refractivity contribution in [3.05, 3.63) is 33.7 Å². The molecule has 154 valence electrons. The minimum Gasteiger partial charge on any atom is -0.442 e. The van der Waals surface area contributed by atoms with Crippen molar-refractivity contribution in [2.45, 2.75) is 65.0 Å². The zero-order chi connectivity index (χ0) is 21.0. The normalized spacial score (nSPS) is 15.5. The maximum Gasteiger partial charge on any atom is 0.256 e. The van der Waals surface area contributed by atoms with Gasteiger partial charge in [-0.2, -0.15) is 0 Å². The first-order valence-electron chi connectivity index (χ1n) is 9.62. The third-order valence-electron chi connectivity index (χ3n) is 5.35. The number of nitrogens with zero attached hydrogens (tertiary/aromatic N) is 4. The van der Waals surface area contributed by atoms with E-state index in [1.807, 2.05) is 6.20 Å². The summed E-state index contributed by atoms with van der Waals surface area (Å²) < 4.78 is 5.74. The highest BCUT2D eigenvalue weighted by Gasteiger charge is 2.44. The Morgan fingerprint density at radius 2 is 2.07 bits per heavy atom. The molecule has 3 aromatic heterocycles. The summed E-state index contributed by atoms with van der Waals surface area (Å²) in [5, 5.41) is 6.00. The lowest BCUT2D eigenvalue weighted by Crippen LogP contribution is -2.42. The van der Waals surface area contributed by atoms with Crippen LogP contribution in [0.2, 0.25) is 0 Å². The molecule has 0 radical (unpaired) electrons. The van der Waals surface area contributed by atoms with Crippen molar-refractivity contribution in [1.82, 2.24) is 20.3 Å². The fraction of sp³-hybridized carbons (Fsp3) is 0.500. The Kier molecular flexibility index (Phi) is 4.62. The van der Waals surface area contributed by atoms with E-state index < -0.39 is 0 Å². The number of aryl methyl sites for hydroxylation is 1. The van der Waals surface area contributed by atoms with E-state index in [4.69, 9.17) is 10.3 Å². The van der Waals surface area contributed by atoms with Gasteiger partial charge in [-0.05, 0) is 32.1 Å². The third-order valence-corrected chi connectivity index (χ3v) is 6.77. The first-order chi connectivity index (χ1) is 13.6. The molecule has 0 atom stereocenters. The van der Waals surface area contributed by atoms with Crippen LogP contribution in [-0.4, -0.2) is 26.4 Å². The number of carbonyl (C=O) groups excluding carboxylic acids is 1. The highest BCUT2D eigenvalue weighted by molar-refractivity contribution is 7.11. The Balaban J connectivity index is 1.62. The zero-order valence-electron chi connectivity index (χ0n) is 17.4.